The Labute approximate surface area is 192 Å². The maximum absolute atomic E-state index is 13.3. The predicted molar refractivity (Wildman–Crippen MR) is 122 cm³/mol. The Kier molecular flexibility index (Phi) is 6.44. The van der Waals surface area contributed by atoms with Crippen molar-refractivity contribution in [1.82, 2.24) is 14.9 Å². The lowest BCUT2D eigenvalue weighted by Gasteiger charge is -2.35. The molecular weight excluding hydrogens is 455 g/mol. The van der Waals surface area contributed by atoms with E-state index in [1.165, 1.54) is 34.6 Å². The van der Waals surface area contributed by atoms with E-state index in [0.29, 0.717) is 19.6 Å². The number of carbonyl (C=O) groups excluding carboxylic acids is 1. The third kappa shape index (κ3) is 4.76. The summed E-state index contributed by atoms with van der Waals surface area (Å²) in [5.74, 6) is -0.642. The zero-order valence-corrected chi connectivity index (χ0v) is 19.3. The highest BCUT2D eigenvalue weighted by molar-refractivity contribution is 7.89. The van der Waals surface area contributed by atoms with Crippen molar-refractivity contribution in [2.45, 2.75) is 23.8 Å². The highest BCUT2D eigenvalue weighted by Crippen LogP contribution is 2.28. The normalized spacial score (nSPS) is 22.2. The average Bonchev–Trinajstić information content (AvgIpc) is 3.20. The van der Waals surface area contributed by atoms with E-state index in [2.05, 4.69) is 10.6 Å². The second-order valence-electron chi connectivity index (χ2n) is 8.45. The van der Waals surface area contributed by atoms with Crippen LogP contribution in [0.15, 0.2) is 47.4 Å². The number of hydrogen-bond acceptors (Lipinski definition) is 5. The highest BCUT2D eigenvalue weighted by Gasteiger charge is 2.33. The number of carbonyl (C=O) groups is 1. The van der Waals surface area contributed by atoms with E-state index in [0.717, 1.165) is 18.7 Å². The van der Waals surface area contributed by atoms with Crippen LogP contribution in [0.2, 0.25) is 5.02 Å². The van der Waals surface area contributed by atoms with Gasteiger partial charge in [-0.15, -0.1) is 0 Å². The van der Waals surface area contributed by atoms with E-state index in [9.17, 15) is 17.6 Å². The van der Waals surface area contributed by atoms with Crippen molar-refractivity contribution in [1.29, 1.82) is 0 Å². The van der Waals surface area contributed by atoms with Gasteiger partial charge in [-0.05, 0) is 62.4 Å². The monoisotopic (exact) mass is 480 g/mol. The largest absolute Gasteiger partial charge is 0.369 e. The number of nitrogens with one attached hydrogen (secondary N) is 2. The molecule has 0 spiro atoms. The first-order valence-corrected chi connectivity index (χ1v) is 12.3. The van der Waals surface area contributed by atoms with E-state index in [4.69, 9.17) is 11.6 Å². The van der Waals surface area contributed by atoms with E-state index in [1.807, 2.05) is 11.8 Å². The van der Waals surface area contributed by atoms with Crippen LogP contribution in [0.25, 0.3) is 0 Å². The van der Waals surface area contributed by atoms with Gasteiger partial charge in [-0.25, -0.2) is 12.8 Å². The number of hydrogen-bond donors (Lipinski definition) is 2. The van der Waals surface area contributed by atoms with Gasteiger partial charge in [-0.3, -0.25) is 4.79 Å². The van der Waals surface area contributed by atoms with Gasteiger partial charge >= 0.3 is 0 Å². The SMILES string of the molecule is CC1(NC(=O)c2ccc(Cl)c(S(=O)(=O)N3CCN(c4ccc(F)cc4)CC3)c2)CCNC1. The molecule has 0 bridgehead atoms. The fourth-order valence-corrected chi connectivity index (χ4v) is 6.01. The van der Waals surface area contributed by atoms with Crippen LogP contribution in [-0.4, -0.2) is 63.4 Å². The third-order valence-corrected chi connectivity index (χ3v) is 8.41. The lowest BCUT2D eigenvalue weighted by molar-refractivity contribution is 0.0913. The molecule has 1 amide bonds. The lowest BCUT2D eigenvalue weighted by Crippen LogP contribution is -2.49. The standard InChI is InChI=1S/C22H26ClFN4O3S/c1-22(8-9-25-15-22)26-21(29)16-2-7-19(23)20(14-16)32(30,31)28-12-10-27(11-13-28)18-5-3-17(24)4-6-18/h2-7,14,25H,8-13,15H2,1H3,(H,26,29). The fraction of sp³-hybridized carbons (Fsp3) is 0.409. The molecule has 0 aliphatic carbocycles. The molecular formula is C22H26ClFN4O3S. The van der Waals surface area contributed by atoms with Gasteiger partial charge in [0.25, 0.3) is 5.91 Å². The van der Waals surface area contributed by atoms with Crippen molar-refractivity contribution in [3.05, 3.63) is 58.9 Å². The molecule has 2 aromatic rings. The number of rotatable bonds is 5. The summed E-state index contributed by atoms with van der Waals surface area (Å²) >= 11 is 6.25. The predicted octanol–water partition coefficient (Wildman–Crippen LogP) is 2.47. The number of sulfonamides is 1. The van der Waals surface area contributed by atoms with Crippen LogP contribution in [0, 0.1) is 5.82 Å². The number of anilines is 1. The van der Waals surface area contributed by atoms with Crippen LogP contribution in [0.1, 0.15) is 23.7 Å². The molecule has 172 valence electrons. The van der Waals surface area contributed by atoms with Crippen molar-refractivity contribution in [3.8, 4) is 0 Å². The van der Waals surface area contributed by atoms with Gasteiger partial charge in [0.1, 0.15) is 10.7 Å². The Morgan fingerprint density at radius 3 is 2.44 bits per heavy atom. The molecule has 1 unspecified atom stereocenters. The molecule has 32 heavy (non-hydrogen) atoms. The highest BCUT2D eigenvalue weighted by atomic mass is 35.5. The fourth-order valence-electron chi connectivity index (χ4n) is 4.09. The minimum Gasteiger partial charge on any atom is -0.369 e. The van der Waals surface area contributed by atoms with Gasteiger partial charge in [-0.1, -0.05) is 11.6 Å². The average molecular weight is 481 g/mol. The lowest BCUT2D eigenvalue weighted by atomic mass is 10.0. The van der Waals surface area contributed by atoms with Crippen molar-refractivity contribution < 1.29 is 17.6 Å². The number of amides is 1. The van der Waals surface area contributed by atoms with Crippen LogP contribution < -0.4 is 15.5 Å². The maximum atomic E-state index is 13.3. The minimum absolute atomic E-state index is 0.0725. The molecule has 2 N–H and O–H groups in total. The smallest absolute Gasteiger partial charge is 0.251 e. The summed E-state index contributed by atoms with van der Waals surface area (Å²) in [7, 11) is -3.88. The van der Waals surface area contributed by atoms with Crippen LogP contribution in [0.3, 0.4) is 0 Å². The molecule has 0 saturated carbocycles. The third-order valence-electron chi connectivity index (χ3n) is 6.03. The Hall–Kier alpha value is -2.20. The molecule has 2 aromatic carbocycles. The summed E-state index contributed by atoms with van der Waals surface area (Å²) in [5.41, 5.74) is 0.730. The van der Waals surface area contributed by atoms with Crippen molar-refractivity contribution in [3.63, 3.8) is 0 Å². The van der Waals surface area contributed by atoms with E-state index >= 15 is 0 Å². The molecule has 2 aliphatic rings. The first-order chi connectivity index (χ1) is 15.2. The topological polar surface area (TPSA) is 81.8 Å². The minimum atomic E-state index is -3.88. The van der Waals surface area contributed by atoms with E-state index < -0.39 is 10.0 Å². The van der Waals surface area contributed by atoms with Crippen molar-refractivity contribution >= 4 is 33.2 Å². The van der Waals surface area contributed by atoms with Gasteiger partial charge in [-0.2, -0.15) is 4.31 Å². The van der Waals surface area contributed by atoms with E-state index in [-0.39, 0.29) is 45.8 Å². The maximum Gasteiger partial charge on any atom is 0.251 e. The van der Waals surface area contributed by atoms with Crippen LogP contribution in [-0.2, 0) is 10.0 Å². The number of benzene rings is 2. The first-order valence-electron chi connectivity index (χ1n) is 10.5. The zero-order chi connectivity index (χ0) is 22.9. The number of halogens is 2. The van der Waals surface area contributed by atoms with E-state index in [1.54, 1.807) is 12.1 Å². The summed E-state index contributed by atoms with van der Waals surface area (Å²) < 4.78 is 41.2. The Morgan fingerprint density at radius 2 is 1.81 bits per heavy atom. The van der Waals surface area contributed by atoms with Gasteiger partial charge < -0.3 is 15.5 Å². The Balaban J connectivity index is 1.49. The summed E-state index contributed by atoms with van der Waals surface area (Å²) in [4.78, 5) is 14.7. The van der Waals surface area contributed by atoms with Gasteiger partial charge in [0.2, 0.25) is 10.0 Å². The quantitative estimate of drug-likeness (QED) is 0.687. The van der Waals surface area contributed by atoms with Gasteiger partial charge in [0.15, 0.2) is 0 Å². The van der Waals surface area contributed by atoms with Gasteiger partial charge in [0, 0.05) is 44.0 Å². The van der Waals surface area contributed by atoms with Crippen molar-refractivity contribution in [2.24, 2.45) is 0 Å². The van der Waals surface area contributed by atoms with Crippen molar-refractivity contribution in [2.75, 3.05) is 44.2 Å². The Bertz CT molecular complexity index is 1100. The zero-order valence-electron chi connectivity index (χ0n) is 17.8. The second kappa shape index (κ2) is 8.97. The Morgan fingerprint density at radius 1 is 1.12 bits per heavy atom. The molecule has 2 fully saturated rings. The molecule has 2 aliphatic heterocycles. The molecule has 4 rings (SSSR count). The molecule has 0 radical (unpaired) electrons. The molecule has 10 heteroatoms. The van der Waals surface area contributed by atoms with Crippen LogP contribution in [0.4, 0.5) is 10.1 Å². The number of nitrogens with zero attached hydrogens (tertiary/aromatic N) is 2. The summed E-state index contributed by atoms with van der Waals surface area (Å²) in [5, 5.41) is 6.29. The molecule has 0 aromatic heterocycles. The van der Waals surface area contributed by atoms with Crippen LogP contribution >= 0.6 is 11.6 Å². The van der Waals surface area contributed by atoms with Crippen LogP contribution in [0.5, 0.6) is 0 Å². The second-order valence-corrected chi connectivity index (χ2v) is 10.8. The summed E-state index contributed by atoms with van der Waals surface area (Å²) in [6.07, 6.45) is 0.801. The molecule has 7 nitrogen and oxygen atoms in total. The molecule has 2 saturated heterocycles. The molecule has 1 atom stereocenters. The summed E-state index contributed by atoms with van der Waals surface area (Å²) in [6, 6.07) is 10.5. The number of piperazine rings is 1. The molecule has 2 heterocycles. The van der Waals surface area contributed by atoms with Gasteiger partial charge in [0.05, 0.1) is 10.6 Å². The summed E-state index contributed by atoms with van der Waals surface area (Å²) in [6.45, 7) is 4.89. The first kappa shape index (κ1) is 23.0.